The minimum absolute atomic E-state index is 0.0541. The Hall–Kier alpha value is -3.91. The number of ketones is 1. The zero-order chi connectivity index (χ0) is 19.6. The second-order valence-electron chi connectivity index (χ2n) is 5.52. The molecule has 3 aromatic rings. The molecule has 136 valence electrons. The molecule has 2 heterocycles. The van der Waals surface area contributed by atoms with Crippen molar-refractivity contribution in [2.75, 3.05) is 14.2 Å². The number of hydrogen-bond donors (Lipinski definition) is 1. The average Bonchev–Trinajstić information content (AvgIpc) is 3.11. The van der Waals surface area contributed by atoms with E-state index in [9.17, 15) is 9.59 Å². The van der Waals surface area contributed by atoms with Crippen LogP contribution in [-0.4, -0.2) is 41.1 Å². The van der Waals surface area contributed by atoms with Crippen LogP contribution in [0.4, 0.5) is 0 Å². The molecular weight excluding hydrogens is 352 g/mol. The van der Waals surface area contributed by atoms with E-state index < -0.39 is 5.91 Å². The van der Waals surface area contributed by atoms with Crippen molar-refractivity contribution >= 4 is 22.6 Å². The fourth-order valence-electron chi connectivity index (χ4n) is 2.65. The third-order valence-corrected chi connectivity index (χ3v) is 4.03. The summed E-state index contributed by atoms with van der Waals surface area (Å²) in [6.07, 6.45) is 1.33. The quantitative estimate of drug-likeness (QED) is 0.318. The van der Waals surface area contributed by atoms with Crippen LogP contribution in [0.3, 0.4) is 0 Å². The van der Waals surface area contributed by atoms with Gasteiger partial charge < -0.3 is 9.47 Å². The minimum Gasteiger partial charge on any atom is -0.496 e. The maximum absolute atomic E-state index is 12.9. The topological polar surface area (TPSA) is 143 Å². The summed E-state index contributed by atoms with van der Waals surface area (Å²) in [4.78, 5) is 30.9. The summed E-state index contributed by atoms with van der Waals surface area (Å²) in [5.74, 6) is -0.167. The SMILES string of the molecule is COc1cc(C(=O)c2n[nH]c3cc(C(=O)N=[N+]=[N-])ncc23)cc(OC)c1C. The van der Waals surface area contributed by atoms with Crippen LogP contribution in [0.2, 0.25) is 0 Å². The number of rotatable bonds is 5. The van der Waals surface area contributed by atoms with E-state index >= 15 is 0 Å². The van der Waals surface area contributed by atoms with Crippen LogP contribution in [0.25, 0.3) is 21.3 Å². The zero-order valence-corrected chi connectivity index (χ0v) is 14.7. The summed E-state index contributed by atoms with van der Waals surface area (Å²) in [5.41, 5.74) is 9.94. The third kappa shape index (κ3) is 3.16. The van der Waals surface area contributed by atoms with Crippen LogP contribution < -0.4 is 9.47 Å². The number of aromatic nitrogens is 3. The molecule has 0 aliphatic rings. The van der Waals surface area contributed by atoms with E-state index in [1.165, 1.54) is 26.5 Å². The second kappa shape index (κ2) is 7.14. The van der Waals surface area contributed by atoms with Crippen molar-refractivity contribution in [3.63, 3.8) is 0 Å². The van der Waals surface area contributed by atoms with E-state index in [1.807, 2.05) is 6.92 Å². The summed E-state index contributed by atoms with van der Waals surface area (Å²) in [7, 11) is 3.01. The number of H-pyrrole nitrogens is 1. The summed E-state index contributed by atoms with van der Waals surface area (Å²) in [6, 6.07) is 4.58. The van der Waals surface area contributed by atoms with Crippen LogP contribution in [0.15, 0.2) is 29.5 Å². The van der Waals surface area contributed by atoms with Gasteiger partial charge in [0.1, 0.15) is 22.9 Å². The average molecular weight is 366 g/mol. The fraction of sp³-hybridized carbons (Fsp3) is 0.176. The molecule has 1 N–H and O–H groups in total. The lowest BCUT2D eigenvalue weighted by Crippen LogP contribution is -2.05. The van der Waals surface area contributed by atoms with Crippen LogP contribution in [-0.2, 0) is 0 Å². The molecule has 0 aliphatic carbocycles. The Morgan fingerprint density at radius 3 is 2.44 bits per heavy atom. The summed E-state index contributed by atoms with van der Waals surface area (Å²) in [5, 5.41) is 10.1. The first-order valence-electron chi connectivity index (χ1n) is 7.71. The number of aromatic amines is 1. The minimum atomic E-state index is -0.824. The van der Waals surface area contributed by atoms with Crippen molar-refractivity contribution in [3.05, 3.63) is 57.4 Å². The molecule has 10 heteroatoms. The molecule has 0 spiro atoms. The Bertz CT molecular complexity index is 1090. The van der Waals surface area contributed by atoms with Gasteiger partial charge >= 0.3 is 0 Å². The largest absolute Gasteiger partial charge is 0.496 e. The maximum atomic E-state index is 12.9. The molecule has 0 radical (unpaired) electrons. The Morgan fingerprint density at radius 2 is 1.85 bits per heavy atom. The molecule has 0 atom stereocenters. The fourth-order valence-corrected chi connectivity index (χ4v) is 2.65. The number of methoxy groups -OCH3 is 2. The number of azide groups is 1. The molecule has 0 aliphatic heterocycles. The van der Waals surface area contributed by atoms with E-state index in [2.05, 4.69) is 25.2 Å². The number of ether oxygens (including phenoxy) is 2. The van der Waals surface area contributed by atoms with Gasteiger partial charge in [-0.2, -0.15) is 5.10 Å². The van der Waals surface area contributed by atoms with Crippen molar-refractivity contribution in [2.24, 2.45) is 5.11 Å². The lowest BCUT2D eigenvalue weighted by atomic mass is 10.0. The van der Waals surface area contributed by atoms with Gasteiger partial charge in [0.05, 0.1) is 19.7 Å². The van der Waals surface area contributed by atoms with Crippen molar-refractivity contribution in [1.82, 2.24) is 15.2 Å². The number of pyridine rings is 1. The van der Waals surface area contributed by atoms with E-state index in [-0.39, 0.29) is 17.2 Å². The molecule has 2 aromatic heterocycles. The van der Waals surface area contributed by atoms with Gasteiger partial charge in [-0.1, -0.05) is 0 Å². The first kappa shape index (κ1) is 17.9. The number of fused-ring (bicyclic) bond motifs is 1. The van der Waals surface area contributed by atoms with Gasteiger partial charge in [-0.3, -0.25) is 19.7 Å². The highest BCUT2D eigenvalue weighted by Crippen LogP contribution is 2.31. The highest BCUT2D eigenvalue weighted by atomic mass is 16.5. The molecule has 0 saturated carbocycles. The maximum Gasteiger partial charge on any atom is 0.267 e. The van der Waals surface area contributed by atoms with Gasteiger partial charge in [0.2, 0.25) is 5.78 Å². The van der Waals surface area contributed by atoms with E-state index in [0.29, 0.717) is 28.0 Å². The Labute approximate surface area is 152 Å². The molecule has 10 nitrogen and oxygen atoms in total. The lowest BCUT2D eigenvalue weighted by Gasteiger charge is -2.11. The van der Waals surface area contributed by atoms with Crippen molar-refractivity contribution in [2.45, 2.75) is 6.92 Å². The van der Waals surface area contributed by atoms with E-state index in [0.717, 1.165) is 5.56 Å². The van der Waals surface area contributed by atoms with E-state index in [1.54, 1.807) is 12.1 Å². The first-order valence-corrected chi connectivity index (χ1v) is 7.71. The number of hydrogen-bond acceptors (Lipinski definition) is 6. The van der Waals surface area contributed by atoms with E-state index in [4.69, 9.17) is 15.0 Å². The molecular formula is C17H14N6O4. The van der Waals surface area contributed by atoms with Crippen molar-refractivity contribution in [3.8, 4) is 11.5 Å². The second-order valence-corrected chi connectivity index (χ2v) is 5.52. The predicted octanol–water partition coefficient (Wildman–Crippen LogP) is 2.97. The molecule has 0 saturated heterocycles. The monoisotopic (exact) mass is 366 g/mol. The third-order valence-electron chi connectivity index (χ3n) is 4.03. The lowest BCUT2D eigenvalue weighted by molar-refractivity contribution is 0.0994. The van der Waals surface area contributed by atoms with Crippen LogP contribution >= 0.6 is 0 Å². The van der Waals surface area contributed by atoms with Crippen LogP contribution in [0, 0.1) is 6.92 Å². The number of nitrogens with zero attached hydrogens (tertiary/aromatic N) is 5. The molecule has 0 fully saturated rings. The normalized spacial score (nSPS) is 10.3. The number of amides is 1. The summed E-state index contributed by atoms with van der Waals surface area (Å²) in [6.45, 7) is 1.82. The zero-order valence-electron chi connectivity index (χ0n) is 14.7. The molecule has 0 unspecified atom stereocenters. The van der Waals surface area contributed by atoms with Gasteiger partial charge in [0, 0.05) is 27.6 Å². The Morgan fingerprint density at radius 1 is 1.19 bits per heavy atom. The molecule has 3 rings (SSSR count). The van der Waals surface area contributed by atoms with Crippen LogP contribution in [0.5, 0.6) is 11.5 Å². The van der Waals surface area contributed by atoms with Gasteiger partial charge in [0.15, 0.2) is 0 Å². The van der Waals surface area contributed by atoms with Crippen molar-refractivity contribution in [1.29, 1.82) is 0 Å². The number of benzene rings is 1. The van der Waals surface area contributed by atoms with Crippen molar-refractivity contribution < 1.29 is 19.1 Å². The number of nitrogens with one attached hydrogen (secondary N) is 1. The Balaban J connectivity index is 2.06. The number of carbonyl (C=O) groups is 2. The summed E-state index contributed by atoms with van der Waals surface area (Å²) < 4.78 is 10.6. The van der Waals surface area contributed by atoms with Crippen LogP contribution in [0.1, 0.15) is 32.1 Å². The van der Waals surface area contributed by atoms with Gasteiger partial charge in [0.25, 0.3) is 5.91 Å². The first-order chi connectivity index (χ1) is 13.0. The highest BCUT2D eigenvalue weighted by Gasteiger charge is 2.20. The molecule has 27 heavy (non-hydrogen) atoms. The molecule has 1 amide bonds. The van der Waals surface area contributed by atoms with Gasteiger partial charge in [-0.15, -0.1) is 0 Å². The number of carbonyl (C=O) groups excluding carboxylic acids is 2. The Kier molecular flexibility index (Phi) is 4.73. The predicted molar refractivity (Wildman–Crippen MR) is 95.1 cm³/mol. The standard InChI is InChI=1S/C17H14N6O4/c1-8-13(26-2)4-9(5-14(8)27-3)16(24)15-10-7-19-12(17(25)22-23-18)6-11(10)20-21-15/h4-7H,1-3H3,(H,20,21). The van der Waals surface area contributed by atoms with Gasteiger partial charge in [-0.25, -0.2) is 0 Å². The van der Waals surface area contributed by atoms with Gasteiger partial charge in [-0.05, 0) is 35.8 Å². The highest BCUT2D eigenvalue weighted by molar-refractivity contribution is 6.15. The molecule has 1 aromatic carbocycles. The smallest absolute Gasteiger partial charge is 0.267 e. The molecule has 0 bridgehead atoms. The summed E-state index contributed by atoms with van der Waals surface area (Å²) >= 11 is 0.